The topological polar surface area (TPSA) is 161 Å². The van der Waals surface area contributed by atoms with E-state index < -0.39 is 35.7 Å². The lowest BCUT2D eigenvalue weighted by atomic mass is 9.98. The molecular weight excluding hydrogens is 618 g/mol. The number of carbonyl (C=O) groups excluding carboxylic acids is 3. The van der Waals surface area contributed by atoms with Crippen molar-refractivity contribution in [3.05, 3.63) is 131 Å². The van der Waals surface area contributed by atoms with Crippen molar-refractivity contribution in [3.63, 3.8) is 0 Å². The number of likely N-dealkylation sites (N-methyl/N-ethyl adjacent to an activating group) is 1. The summed E-state index contributed by atoms with van der Waals surface area (Å²) in [6.45, 7) is 1.92. The van der Waals surface area contributed by atoms with Gasteiger partial charge in [0.2, 0.25) is 11.7 Å². The molecule has 0 bridgehead atoms. The van der Waals surface area contributed by atoms with E-state index in [0.717, 1.165) is 38.2 Å². The fourth-order valence-corrected chi connectivity index (χ4v) is 5.73. The quantitative estimate of drug-likeness (QED) is 0.0822. The lowest BCUT2D eigenvalue weighted by Gasteiger charge is -2.29. The number of fused-ring (bicyclic) bond motifs is 2. The Balaban J connectivity index is 1.51. The number of nitrogens with two attached hydrogens (primary N) is 1. The van der Waals surface area contributed by atoms with Crippen LogP contribution in [0.15, 0.2) is 114 Å². The minimum absolute atomic E-state index is 0.0489. The molecule has 5 rings (SSSR count). The predicted molar refractivity (Wildman–Crippen MR) is 193 cm³/mol. The minimum atomic E-state index is -1.03. The highest BCUT2D eigenvalue weighted by molar-refractivity contribution is 6.36. The number of benzene rings is 5. The van der Waals surface area contributed by atoms with Gasteiger partial charge < -0.3 is 25.8 Å². The number of nitrogens with one attached hydrogen (secondary N) is 2. The first kappa shape index (κ1) is 34.5. The van der Waals surface area contributed by atoms with Crippen LogP contribution >= 0.6 is 0 Å². The second kappa shape index (κ2) is 15.8. The van der Waals surface area contributed by atoms with Gasteiger partial charge in [-0.2, -0.15) is 0 Å². The van der Waals surface area contributed by atoms with E-state index in [9.17, 15) is 14.4 Å². The average Bonchev–Trinajstić information content (AvgIpc) is 3.12. The molecule has 0 heterocycles. The van der Waals surface area contributed by atoms with Crippen LogP contribution in [0.3, 0.4) is 0 Å². The third kappa shape index (κ3) is 8.54. The van der Waals surface area contributed by atoms with Crippen LogP contribution in [0.25, 0.3) is 21.5 Å². The van der Waals surface area contributed by atoms with Crippen molar-refractivity contribution in [2.45, 2.75) is 38.4 Å². The summed E-state index contributed by atoms with van der Waals surface area (Å²) in [5, 5.41) is 24.0. The summed E-state index contributed by atoms with van der Waals surface area (Å²) in [5.41, 5.74) is 8.60. The Kier molecular flexibility index (Phi) is 11.1. The second-order valence-corrected chi connectivity index (χ2v) is 11.7. The molecule has 0 aliphatic carbocycles. The zero-order valence-corrected chi connectivity index (χ0v) is 27.5. The molecule has 2 unspecified atom stereocenters. The van der Waals surface area contributed by atoms with Crippen molar-refractivity contribution < 1.29 is 24.2 Å². The number of esters is 1. The Bertz CT molecular complexity index is 2040. The number of amidine groups is 1. The number of hydrogen-bond acceptors (Lipinski definition) is 6. The zero-order valence-electron chi connectivity index (χ0n) is 27.5. The maximum atomic E-state index is 14.5. The number of ether oxygens (including phenoxy) is 1. The Labute approximate surface area is 284 Å². The first-order chi connectivity index (χ1) is 23.7. The normalized spacial score (nSPS) is 12.7. The molecule has 10 heteroatoms. The molecule has 2 amide bonds. The molecule has 10 nitrogen and oxygen atoms in total. The third-order valence-electron chi connectivity index (χ3n) is 8.36. The lowest BCUT2D eigenvalue weighted by molar-refractivity contribution is -0.135. The highest BCUT2D eigenvalue weighted by Crippen LogP contribution is 2.21. The van der Waals surface area contributed by atoms with E-state index in [1.807, 2.05) is 91.0 Å². The molecule has 0 saturated heterocycles. The van der Waals surface area contributed by atoms with Gasteiger partial charge in [0.25, 0.3) is 5.91 Å². The Hall–Kier alpha value is -5.87. The van der Waals surface area contributed by atoms with Crippen LogP contribution in [0, 0.1) is 5.41 Å². The summed E-state index contributed by atoms with van der Waals surface area (Å²) < 4.78 is 4.91. The summed E-state index contributed by atoms with van der Waals surface area (Å²) in [7, 11) is 1.54. The van der Waals surface area contributed by atoms with Crippen molar-refractivity contribution in [3.8, 4) is 0 Å². The number of aliphatic imine (C=N–C) groups is 1. The van der Waals surface area contributed by atoms with E-state index in [2.05, 4.69) is 10.3 Å². The van der Waals surface area contributed by atoms with Crippen LogP contribution < -0.4 is 11.1 Å². The zero-order chi connectivity index (χ0) is 34.9. The predicted octanol–water partition coefficient (Wildman–Crippen LogP) is 4.53. The van der Waals surface area contributed by atoms with Gasteiger partial charge in [0.15, 0.2) is 6.04 Å². The number of amides is 2. The lowest BCUT2D eigenvalue weighted by Crippen LogP contribution is -2.54. The van der Waals surface area contributed by atoms with Crippen molar-refractivity contribution in [2.75, 3.05) is 13.7 Å². The third-order valence-corrected chi connectivity index (χ3v) is 8.36. The monoisotopic (exact) mass is 658 g/mol. The fraction of sp³-hybridized carbons (Fsp3) is 0.205. The Morgan fingerprint density at radius 3 is 2.00 bits per heavy atom. The van der Waals surface area contributed by atoms with Gasteiger partial charge in [0.05, 0.1) is 6.61 Å². The number of nitrogens with zero attached hydrogens (tertiary/aromatic N) is 2. The van der Waals surface area contributed by atoms with Crippen LogP contribution in [-0.4, -0.2) is 65.3 Å². The fourth-order valence-electron chi connectivity index (χ4n) is 5.73. The van der Waals surface area contributed by atoms with Crippen LogP contribution in [0.5, 0.6) is 0 Å². The van der Waals surface area contributed by atoms with Crippen LogP contribution in [0.4, 0.5) is 0 Å². The van der Waals surface area contributed by atoms with Crippen LogP contribution in [0.2, 0.25) is 0 Å². The van der Waals surface area contributed by atoms with Crippen LogP contribution in [-0.2, 0) is 33.7 Å². The molecule has 0 aromatic heterocycles. The van der Waals surface area contributed by atoms with Gasteiger partial charge in [-0.25, -0.2) is 4.79 Å². The molecule has 0 saturated carbocycles. The summed E-state index contributed by atoms with van der Waals surface area (Å²) >= 11 is 0. The van der Waals surface area contributed by atoms with Crippen molar-refractivity contribution >= 4 is 51.1 Å². The van der Waals surface area contributed by atoms with Gasteiger partial charge in [0, 0.05) is 32.0 Å². The maximum absolute atomic E-state index is 14.5. The van der Waals surface area contributed by atoms with Gasteiger partial charge in [-0.05, 0) is 57.3 Å². The first-order valence-corrected chi connectivity index (χ1v) is 16.0. The molecule has 2 atom stereocenters. The van der Waals surface area contributed by atoms with E-state index in [1.54, 1.807) is 32.2 Å². The maximum Gasteiger partial charge on any atom is 0.376 e. The molecule has 5 aromatic carbocycles. The van der Waals surface area contributed by atoms with Gasteiger partial charge in [-0.3, -0.25) is 15.0 Å². The molecule has 0 spiro atoms. The molecule has 0 aliphatic heterocycles. The second-order valence-electron chi connectivity index (χ2n) is 11.7. The van der Waals surface area contributed by atoms with E-state index >= 15 is 0 Å². The van der Waals surface area contributed by atoms with Gasteiger partial charge >= 0.3 is 11.9 Å². The average molecular weight is 659 g/mol. The Morgan fingerprint density at radius 2 is 1.41 bits per heavy atom. The smallest absolute Gasteiger partial charge is 0.376 e. The summed E-state index contributed by atoms with van der Waals surface area (Å²) in [4.78, 5) is 45.6. The highest BCUT2D eigenvalue weighted by Gasteiger charge is 2.35. The molecule has 0 fully saturated rings. The minimum Gasteiger partial charge on any atom is -0.580 e. The highest BCUT2D eigenvalue weighted by atomic mass is 16.5. The van der Waals surface area contributed by atoms with E-state index in [4.69, 9.17) is 21.0 Å². The van der Waals surface area contributed by atoms with Gasteiger partial charge in [-0.15, -0.1) is 4.99 Å². The number of carbonyl (C=O) groups is 3. The van der Waals surface area contributed by atoms with Crippen molar-refractivity contribution in [1.82, 2.24) is 10.2 Å². The largest absolute Gasteiger partial charge is 0.580 e. The van der Waals surface area contributed by atoms with E-state index in [1.165, 1.54) is 4.90 Å². The number of hydrogen-bond donors (Lipinski definition) is 3. The molecular formula is C39H40N5O5+. The van der Waals surface area contributed by atoms with Crippen LogP contribution in [0.1, 0.15) is 34.0 Å². The van der Waals surface area contributed by atoms with Gasteiger partial charge in [-0.1, -0.05) is 97.1 Å². The summed E-state index contributed by atoms with van der Waals surface area (Å²) in [5.74, 6) is -2.99. The number of rotatable bonds is 11. The van der Waals surface area contributed by atoms with Crippen molar-refractivity contribution in [2.24, 2.45) is 10.7 Å². The molecule has 6 N–H and O–H groups in total. The van der Waals surface area contributed by atoms with E-state index in [-0.39, 0.29) is 31.9 Å². The standard InChI is InChI=1S/C39H39N5O5/c1-3-49-39(48)35(41)43-37(46)34(23-26-16-18-29-11-5-7-13-31(29)20-26)44(2)38(47)33(42-36(45)32-14-8-9-27(21-32)24-40)22-25-15-17-28-10-4-6-12-30(28)19-25/h4-21,33-34H,3,22-24,40H2,1-2H3,(H,42,45)(H2,41,43,46)/p+1. The Morgan fingerprint density at radius 1 is 0.816 bits per heavy atom. The van der Waals surface area contributed by atoms with Gasteiger partial charge in [0.1, 0.15) is 6.04 Å². The molecule has 0 aliphatic rings. The molecule has 5 aromatic rings. The first-order valence-electron chi connectivity index (χ1n) is 16.0. The molecule has 49 heavy (non-hydrogen) atoms. The van der Waals surface area contributed by atoms with E-state index in [0.29, 0.717) is 5.56 Å². The van der Waals surface area contributed by atoms with Crippen molar-refractivity contribution in [1.29, 1.82) is 5.41 Å². The SMILES string of the molecule is CCOC(=O)C(=N)N=C([OH2+])C(Cc1ccc2ccccc2c1)N(C)C(=O)C(Cc1ccc2ccccc2c1)NC(=O)c1cccc(CN)c1. The molecule has 0 radical (unpaired) electrons. The summed E-state index contributed by atoms with van der Waals surface area (Å²) in [6, 6.07) is 32.4. The molecule has 250 valence electrons. The summed E-state index contributed by atoms with van der Waals surface area (Å²) in [6.07, 6.45) is 0.336.